The van der Waals surface area contributed by atoms with Gasteiger partial charge in [0.1, 0.15) is 5.82 Å². The van der Waals surface area contributed by atoms with Gasteiger partial charge in [0.05, 0.1) is 12.3 Å². The molecule has 3 amide bonds. The SMILES string of the molecule is Cc1cc(N2CC(C(=O)NNC(=O)Cc3ccc(F)cc3)CC2=O)ccc1Br. The monoisotopic (exact) mass is 447 g/mol. The third-order valence-electron chi connectivity index (χ3n) is 4.55. The van der Waals surface area contributed by atoms with Gasteiger partial charge in [0, 0.05) is 23.1 Å². The van der Waals surface area contributed by atoms with Crippen LogP contribution in [0.3, 0.4) is 0 Å². The molecule has 0 aromatic heterocycles. The average molecular weight is 448 g/mol. The van der Waals surface area contributed by atoms with Crippen LogP contribution >= 0.6 is 15.9 Å². The Morgan fingerprint density at radius 3 is 2.57 bits per heavy atom. The van der Waals surface area contributed by atoms with Crippen LogP contribution in [0.2, 0.25) is 0 Å². The molecule has 1 fully saturated rings. The highest BCUT2D eigenvalue weighted by Crippen LogP contribution is 2.28. The molecule has 2 aromatic carbocycles. The van der Waals surface area contributed by atoms with Crippen molar-refractivity contribution in [1.82, 2.24) is 10.9 Å². The number of anilines is 1. The van der Waals surface area contributed by atoms with Crippen molar-refractivity contribution in [2.75, 3.05) is 11.4 Å². The number of carbonyl (C=O) groups excluding carboxylic acids is 3. The number of carbonyl (C=O) groups is 3. The third kappa shape index (κ3) is 4.75. The van der Waals surface area contributed by atoms with Gasteiger partial charge in [0.25, 0.3) is 0 Å². The lowest BCUT2D eigenvalue weighted by Gasteiger charge is -2.18. The molecule has 146 valence electrons. The Bertz CT molecular complexity index is 917. The van der Waals surface area contributed by atoms with Crippen molar-refractivity contribution in [3.05, 3.63) is 63.9 Å². The molecule has 1 unspecified atom stereocenters. The van der Waals surface area contributed by atoms with Crippen LogP contribution in [0.25, 0.3) is 0 Å². The molecule has 0 saturated carbocycles. The molecule has 1 aliphatic heterocycles. The molecule has 1 saturated heterocycles. The van der Waals surface area contributed by atoms with Gasteiger partial charge < -0.3 is 4.90 Å². The number of benzene rings is 2. The Labute approximate surface area is 170 Å². The number of nitrogens with one attached hydrogen (secondary N) is 2. The summed E-state index contributed by atoms with van der Waals surface area (Å²) >= 11 is 3.42. The third-order valence-corrected chi connectivity index (χ3v) is 5.44. The summed E-state index contributed by atoms with van der Waals surface area (Å²) in [7, 11) is 0. The molecule has 0 spiro atoms. The fourth-order valence-electron chi connectivity index (χ4n) is 2.99. The lowest BCUT2D eigenvalue weighted by Crippen LogP contribution is -2.45. The van der Waals surface area contributed by atoms with E-state index in [1.54, 1.807) is 4.90 Å². The van der Waals surface area contributed by atoms with Gasteiger partial charge in [0.2, 0.25) is 17.7 Å². The zero-order valence-corrected chi connectivity index (χ0v) is 16.8. The molecule has 8 heteroatoms. The molecule has 0 radical (unpaired) electrons. The van der Waals surface area contributed by atoms with Crippen LogP contribution in [0.5, 0.6) is 0 Å². The quantitative estimate of drug-likeness (QED) is 0.707. The van der Waals surface area contributed by atoms with Crippen LogP contribution in [0, 0.1) is 18.7 Å². The molecule has 3 rings (SSSR count). The van der Waals surface area contributed by atoms with Crippen molar-refractivity contribution < 1.29 is 18.8 Å². The Morgan fingerprint density at radius 1 is 1.18 bits per heavy atom. The van der Waals surface area contributed by atoms with E-state index in [1.165, 1.54) is 24.3 Å². The van der Waals surface area contributed by atoms with E-state index in [0.717, 1.165) is 15.7 Å². The van der Waals surface area contributed by atoms with Crippen LogP contribution < -0.4 is 15.8 Å². The Balaban J connectivity index is 1.53. The maximum atomic E-state index is 12.9. The number of hydrogen-bond acceptors (Lipinski definition) is 3. The first kappa shape index (κ1) is 20.0. The Morgan fingerprint density at radius 2 is 1.89 bits per heavy atom. The van der Waals surface area contributed by atoms with E-state index in [0.29, 0.717) is 5.56 Å². The van der Waals surface area contributed by atoms with Gasteiger partial charge >= 0.3 is 0 Å². The Hall–Kier alpha value is -2.74. The van der Waals surface area contributed by atoms with Gasteiger partial charge in [-0.1, -0.05) is 28.1 Å². The van der Waals surface area contributed by atoms with Gasteiger partial charge in [-0.15, -0.1) is 0 Å². The first-order chi connectivity index (χ1) is 13.3. The summed E-state index contributed by atoms with van der Waals surface area (Å²) in [6.45, 7) is 2.18. The van der Waals surface area contributed by atoms with Gasteiger partial charge in [-0.05, 0) is 48.4 Å². The van der Waals surface area contributed by atoms with E-state index in [4.69, 9.17) is 0 Å². The maximum Gasteiger partial charge on any atom is 0.243 e. The second-order valence-corrected chi connectivity index (χ2v) is 7.53. The molecular weight excluding hydrogens is 429 g/mol. The maximum absolute atomic E-state index is 12.9. The second-order valence-electron chi connectivity index (χ2n) is 6.68. The molecule has 28 heavy (non-hydrogen) atoms. The summed E-state index contributed by atoms with van der Waals surface area (Å²) < 4.78 is 13.8. The molecule has 0 aliphatic carbocycles. The van der Waals surface area contributed by atoms with Crippen molar-refractivity contribution in [2.24, 2.45) is 5.92 Å². The normalized spacial score (nSPS) is 16.2. The minimum absolute atomic E-state index is 0.00839. The number of halogens is 2. The number of nitrogens with zero attached hydrogens (tertiary/aromatic N) is 1. The van der Waals surface area contributed by atoms with E-state index >= 15 is 0 Å². The number of hydrogen-bond donors (Lipinski definition) is 2. The summed E-state index contributed by atoms with van der Waals surface area (Å²) in [5.41, 5.74) is 7.07. The molecule has 2 aromatic rings. The van der Waals surface area contributed by atoms with Crippen molar-refractivity contribution in [1.29, 1.82) is 0 Å². The predicted molar refractivity (Wildman–Crippen MR) is 106 cm³/mol. The second kappa shape index (κ2) is 8.52. The topological polar surface area (TPSA) is 78.5 Å². The summed E-state index contributed by atoms with van der Waals surface area (Å²) in [5, 5.41) is 0. The molecule has 6 nitrogen and oxygen atoms in total. The molecule has 1 heterocycles. The smallest absolute Gasteiger partial charge is 0.243 e. The zero-order chi connectivity index (χ0) is 20.3. The highest BCUT2D eigenvalue weighted by Gasteiger charge is 2.35. The van der Waals surface area contributed by atoms with Crippen molar-refractivity contribution in [2.45, 2.75) is 19.8 Å². The number of rotatable bonds is 4. The van der Waals surface area contributed by atoms with E-state index in [2.05, 4.69) is 26.8 Å². The zero-order valence-electron chi connectivity index (χ0n) is 15.2. The van der Waals surface area contributed by atoms with Gasteiger partial charge in [0.15, 0.2) is 0 Å². The average Bonchev–Trinajstić information content (AvgIpc) is 3.06. The fraction of sp³-hybridized carbons (Fsp3) is 0.250. The van der Waals surface area contributed by atoms with E-state index in [1.807, 2.05) is 25.1 Å². The fourth-order valence-corrected chi connectivity index (χ4v) is 3.24. The van der Waals surface area contributed by atoms with Crippen molar-refractivity contribution >= 4 is 39.3 Å². The molecular formula is C20H19BrFN3O3. The highest BCUT2D eigenvalue weighted by atomic mass is 79.9. The molecule has 2 N–H and O–H groups in total. The van der Waals surface area contributed by atoms with Gasteiger partial charge in [-0.2, -0.15) is 0 Å². The van der Waals surface area contributed by atoms with E-state index < -0.39 is 17.7 Å². The summed E-state index contributed by atoms with van der Waals surface area (Å²) in [6.07, 6.45) is 0.0865. The van der Waals surface area contributed by atoms with Crippen LogP contribution in [-0.4, -0.2) is 24.3 Å². The van der Waals surface area contributed by atoms with Crippen molar-refractivity contribution in [3.63, 3.8) is 0 Å². The standard InChI is InChI=1S/C20H19BrFN3O3/c1-12-8-16(6-7-17(12)21)25-11-14(10-19(25)27)20(28)24-23-18(26)9-13-2-4-15(22)5-3-13/h2-8,14H,9-11H2,1H3,(H,23,26)(H,24,28). The highest BCUT2D eigenvalue weighted by molar-refractivity contribution is 9.10. The number of aryl methyl sites for hydroxylation is 1. The molecule has 1 atom stereocenters. The molecule has 0 bridgehead atoms. The van der Waals surface area contributed by atoms with Crippen LogP contribution in [-0.2, 0) is 20.8 Å². The number of hydrazine groups is 1. The van der Waals surface area contributed by atoms with Gasteiger partial charge in [-0.25, -0.2) is 4.39 Å². The summed E-state index contributed by atoms with van der Waals surface area (Å²) in [5.74, 6) is -1.92. The van der Waals surface area contributed by atoms with Crippen LogP contribution in [0.1, 0.15) is 17.5 Å². The van der Waals surface area contributed by atoms with E-state index in [9.17, 15) is 18.8 Å². The summed E-state index contributed by atoms with van der Waals surface area (Å²) in [6, 6.07) is 11.1. The minimum Gasteiger partial charge on any atom is -0.312 e. The van der Waals surface area contributed by atoms with E-state index in [-0.39, 0.29) is 31.1 Å². The molecule has 1 aliphatic rings. The van der Waals surface area contributed by atoms with Crippen LogP contribution in [0.4, 0.5) is 10.1 Å². The number of amides is 3. The predicted octanol–water partition coefficient (Wildman–Crippen LogP) is 2.64. The Kier molecular flexibility index (Phi) is 6.08. The summed E-state index contributed by atoms with van der Waals surface area (Å²) in [4.78, 5) is 38.1. The first-order valence-corrected chi connectivity index (χ1v) is 9.52. The van der Waals surface area contributed by atoms with Crippen molar-refractivity contribution in [3.8, 4) is 0 Å². The first-order valence-electron chi connectivity index (χ1n) is 8.73. The van der Waals surface area contributed by atoms with Gasteiger partial charge in [-0.3, -0.25) is 25.2 Å². The lowest BCUT2D eigenvalue weighted by molar-refractivity contribution is -0.131. The minimum atomic E-state index is -0.553. The largest absolute Gasteiger partial charge is 0.312 e. The lowest BCUT2D eigenvalue weighted by atomic mass is 10.1. The van der Waals surface area contributed by atoms with Crippen LogP contribution in [0.15, 0.2) is 46.9 Å².